The van der Waals surface area contributed by atoms with Gasteiger partial charge in [0, 0.05) is 11.6 Å². The van der Waals surface area contributed by atoms with Crippen molar-refractivity contribution in [3.05, 3.63) is 66.4 Å². The summed E-state index contributed by atoms with van der Waals surface area (Å²) in [7, 11) is 0. The number of hydrogen-bond donors (Lipinski definition) is 1. The molecule has 0 bridgehead atoms. The first-order valence-electron chi connectivity index (χ1n) is 6.08. The molecule has 0 aliphatic rings. The lowest BCUT2D eigenvalue weighted by molar-refractivity contribution is 0.281. The van der Waals surface area contributed by atoms with E-state index in [1.54, 1.807) is 6.20 Å². The van der Waals surface area contributed by atoms with E-state index < -0.39 is 0 Å². The van der Waals surface area contributed by atoms with Crippen molar-refractivity contribution in [2.75, 3.05) is 0 Å². The van der Waals surface area contributed by atoms with E-state index in [1.807, 2.05) is 54.6 Å². The summed E-state index contributed by atoms with van der Waals surface area (Å²) < 4.78 is 5.87. The standard InChI is InChI=1S/C16H13NO2/c18-11-12-6-8-13(9-7-12)19-16-5-1-4-15-14(16)3-2-10-17-15/h1-10,18H,11H2. The second-order valence-electron chi connectivity index (χ2n) is 4.23. The van der Waals surface area contributed by atoms with Gasteiger partial charge in [-0.25, -0.2) is 0 Å². The Bertz CT molecular complexity index is 687. The van der Waals surface area contributed by atoms with Gasteiger partial charge in [0.05, 0.1) is 12.1 Å². The Kier molecular flexibility index (Phi) is 3.12. The molecule has 0 fully saturated rings. The Hall–Kier alpha value is -2.39. The third-order valence-electron chi connectivity index (χ3n) is 2.94. The van der Waals surface area contributed by atoms with Crippen molar-refractivity contribution in [2.24, 2.45) is 0 Å². The van der Waals surface area contributed by atoms with E-state index in [4.69, 9.17) is 9.84 Å². The molecular weight excluding hydrogens is 238 g/mol. The molecule has 1 N–H and O–H groups in total. The molecule has 1 aromatic heterocycles. The van der Waals surface area contributed by atoms with Crippen LogP contribution >= 0.6 is 0 Å². The second-order valence-corrected chi connectivity index (χ2v) is 4.23. The normalized spacial score (nSPS) is 10.6. The van der Waals surface area contributed by atoms with E-state index in [2.05, 4.69) is 4.98 Å². The highest BCUT2D eigenvalue weighted by molar-refractivity contribution is 5.85. The third-order valence-corrected chi connectivity index (χ3v) is 2.94. The quantitative estimate of drug-likeness (QED) is 0.774. The van der Waals surface area contributed by atoms with E-state index in [0.717, 1.165) is 28.0 Å². The van der Waals surface area contributed by atoms with Crippen molar-refractivity contribution in [1.82, 2.24) is 4.98 Å². The second kappa shape index (κ2) is 5.08. The van der Waals surface area contributed by atoms with Gasteiger partial charge in [-0.3, -0.25) is 4.98 Å². The molecule has 3 heteroatoms. The smallest absolute Gasteiger partial charge is 0.136 e. The summed E-state index contributed by atoms with van der Waals surface area (Å²) in [6, 6.07) is 17.1. The molecule has 0 amide bonds. The molecule has 0 aliphatic carbocycles. The van der Waals surface area contributed by atoms with Gasteiger partial charge in [0.2, 0.25) is 0 Å². The molecular formula is C16H13NO2. The minimum absolute atomic E-state index is 0.0401. The van der Waals surface area contributed by atoms with Gasteiger partial charge in [-0.05, 0) is 42.0 Å². The summed E-state index contributed by atoms with van der Waals surface area (Å²) in [6.45, 7) is 0.0401. The number of aliphatic hydroxyl groups excluding tert-OH is 1. The van der Waals surface area contributed by atoms with Crippen molar-refractivity contribution in [1.29, 1.82) is 0 Å². The van der Waals surface area contributed by atoms with Crippen LogP contribution in [-0.4, -0.2) is 10.1 Å². The van der Waals surface area contributed by atoms with Crippen molar-refractivity contribution in [2.45, 2.75) is 6.61 Å². The first kappa shape index (κ1) is 11.7. The summed E-state index contributed by atoms with van der Waals surface area (Å²) in [6.07, 6.45) is 1.77. The van der Waals surface area contributed by atoms with Crippen LogP contribution in [-0.2, 0) is 6.61 Å². The predicted octanol–water partition coefficient (Wildman–Crippen LogP) is 3.52. The maximum atomic E-state index is 9.01. The van der Waals surface area contributed by atoms with Crippen molar-refractivity contribution in [3.8, 4) is 11.5 Å². The zero-order valence-electron chi connectivity index (χ0n) is 10.3. The highest BCUT2D eigenvalue weighted by Gasteiger charge is 2.03. The predicted molar refractivity (Wildman–Crippen MR) is 74.2 cm³/mol. The maximum Gasteiger partial charge on any atom is 0.136 e. The van der Waals surface area contributed by atoms with Gasteiger partial charge in [-0.15, -0.1) is 0 Å². The largest absolute Gasteiger partial charge is 0.457 e. The van der Waals surface area contributed by atoms with E-state index in [9.17, 15) is 0 Å². The van der Waals surface area contributed by atoms with Gasteiger partial charge in [0.25, 0.3) is 0 Å². The van der Waals surface area contributed by atoms with Crippen LogP contribution < -0.4 is 4.74 Å². The number of pyridine rings is 1. The van der Waals surface area contributed by atoms with Crippen LogP contribution in [0.5, 0.6) is 11.5 Å². The molecule has 94 valence electrons. The van der Waals surface area contributed by atoms with Gasteiger partial charge in [-0.2, -0.15) is 0 Å². The van der Waals surface area contributed by atoms with E-state index in [0.29, 0.717) is 0 Å². The molecule has 1 heterocycles. The van der Waals surface area contributed by atoms with Crippen LogP contribution in [0.1, 0.15) is 5.56 Å². The van der Waals surface area contributed by atoms with Gasteiger partial charge in [0.1, 0.15) is 11.5 Å². The lowest BCUT2D eigenvalue weighted by Gasteiger charge is -2.08. The summed E-state index contributed by atoms with van der Waals surface area (Å²) in [5, 5.41) is 9.99. The van der Waals surface area contributed by atoms with Crippen LogP contribution in [0.4, 0.5) is 0 Å². The monoisotopic (exact) mass is 251 g/mol. The molecule has 3 aromatic rings. The first-order chi connectivity index (χ1) is 9.36. The first-order valence-corrected chi connectivity index (χ1v) is 6.08. The van der Waals surface area contributed by atoms with Gasteiger partial charge in [0.15, 0.2) is 0 Å². The van der Waals surface area contributed by atoms with Crippen molar-refractivity contribution in [3.63, 3.8) is 0 Å². The number of aliphatic hydroxyl groups is 1. The summed E-state index contributed by atoms with van der Waals surface area (Å²) in [5.74, 6) is 1.52. The lowest BCUT2D eigenvalue weighted by Crippen LogP contribution is -1.88. The molecule has 3 nitrogen and oxygen atoms in total. The Morgan fingerprint density at radius 2 is 1.79 bits per heavy atom. The molecule has 0 atom stereocenters. The molecule has 0 aliphatic heterocycles. The van der Waals surface area contributed by atoms with Crippen molar-refractivity contribution < 1.29 is 9.84 Å². The van der Waals surface area contributed by atoms with Gasteiger partial charge >= 0.3 is 0 Å². The van der Waals surface area contributed by atoms with E-state index in [1.165, 1.54) is 0 Å². The highest BCUT2D eigenvalue weighted by Crippen LogP contribution is 2.28. The number of benzene rings is 2. The topological polar surface area (TPSA) is 42.4 Å². The number of nitrogens with zero attached hydrogens (tertiary/aromatic N) is 1. The fourth-order valence-corrected chi connectivity index (χ4v) is 1.95. The Labute approximate surface area is 111 Å². The molecule has 19 heavy (non-hydrogen) atoms. The molecule has 0 saturated carbocycles. The Morgan fingerprint density at radius 3 is 2.58 bits per heavy atom. The van der Waals surface area contributed by atoms with Gasteiger partial charge < -0.3 is 9.84 Å². The highest BCUT2D eigenvalue weighted by atomic mass is 16.5. The minimum Gasteiger partial charge on any atom is -0.457 e. The summed E-state index contributed by atoms with van der Waals surface area (Å²) in [5.41, 5.74) is 1.78. The molecule has 3 rings (SSSR count). The molecule has 0 spiro atoms. The molecule has 2 aromatic carbocycles. The summed E-state index contributed by atoms with van der Waals surface area (Å²) in [4.78, 5) is 4.30. The Morgan fingerprint density at radius 1 is 0.947 bits per heavy atom. The fraction of sp³-hybridized carbons (Fsp3) is 0.0625. The third kappa shape index (κ3) is 2.41. The van der Waals surface area contributed by atoms with Gasteiger partial charge in [-0.1, -0.05) is 18.2 Å². The van der Waals surface area contributed by atoms with Crippen LogP contribution in [0, 0.1) is 0 Å². The molecule has 0 unspecified atom stereocenters. The van der Waals surface area contributed by atoms with Crippen LogP contribution in [0.15, 0.2) is 60.8 Å². The number of ether oxygens (including phenoxy) is 1. The number of aromatic nitrogens is 1. The van der Waals surface area contributed by atoms with Crippen LogP contribution in [0.2, 0.25) is 0 Å². The fourth-order valence-electron chi connectivity index (χ4n) is 1.95. The van der Waals surface area contributed by atoms with Crippen LogP contribution in [0.25, 0.3) is 10.9 Å². The average molecular weight is 251 g/mol. The lowest BCUT2D eigenvalue weighted by atomic mass is 10.2. The average Bonchev–Trinajstić information content (AvgIpc) is 2.48. The molecule has 0 radical (unpaired) electrons. The number of hydrogen-bond acceptors (Lipinski definition) is 3. The summed E-state index contributed by atoms with van der Waals surface area (Å²) >= 11 is 0. The minimum atomic E-state index is 0.0401. The maximum absolute atomic E-state index is 9.01. The van der Waals surface area contributed by atoms with Crippen molar-refractivity contribution >= 4 is 10.9 Å². The van der Waals surface area contributed by atoms with E-state index in [-0.39, 0.29) is 6.61 Å². The zero-order valence-corrected chi connectivity index (χ0v) is 10.3. The molecule has 0 saturated heterocycles. The number of rotatable bonds is 3. The zero-order chi connectivity index (χ0) is 13.1. The van der Waals surface area contributed by atoms with Crippen LogP contribution in [0.3, 0.4) is 0 Å². The Balaban J connectivity index is 1.96. The number of fused-ring (bicyclic) bond motifs is 1. The van der Waals surface area contributed by atoms with E-state index >= 15 is 0 Å². The SMILES string of the molecule is OCc1ccc(Oc2cccc3ncccc23)cc1.